The maximum atomic E-state index is 9.97. The van der Waals surface area contributed by atoms with E-state index >= 15 is 0 Å². The van der Waals surface area contributed by atoms with Crippen LogP contribution < -0.4 is 15.0 Å². The third-order valence-electron chi connectivity index (χ3n) is 5.92. The number of hydrogen-bond acceptors (Lipinski definition) is 8. The van der Waals surface area contributed by atoms with Crippen LogP contribution in [0.5, 0.6) is 11.6 Å². The van der Waals surface area contributed by atoms with Crippen LogP contribution in [0.4, 0.5) is 11.6 Å². The Bertz CT molecular complexity index is 1020. The van der Waals surface area contributed by atoms with E-state index in [1.54, 1.807) is 12.3 Å². The quantitative estimate of drug-likeness (QED) is 0.648. The highest BCUT2D eigenvalue weighted by Crippen LogP contribution is 2.33. The van der Waals surface area contributed by atoms with E-state index in [2.05, 4.69) is 20.2 Å². The van der Waals surface area contributed by atoms with Crippen LogP contribution in [0.15, 0.2) is 42.7 Å². The Balaban J connectivity index is 1.31. The summed E-state index contributed by atoms with van der Waals surface area (Å²) in [6, 6.07) is 9.94. The zero-order valence-electron chi connectivity index (χ0n) is 17.4. The molecule has 1 aliphatic heterocycles. The van der Waals surface area contributed by atoms with Gasteiger partial charge in [-0.1, -0.05) is 6.07 Å². The third kappa shape index (κ3) is 4.64. The van der Waals surface area contributed by atoms with E-state index in [1.807, 2.05) is 24.3 Å². The molecule has 8 heteroatoms. The first kappa shape index (κ1) is 19.8. The average molecular weight is 422 g/mol. The van der Waals surface area contributed by atoms with Gasteiger partial charge in [-0.2, -0.15) is 4.98 Å². The van der Waals surface area contributed by atoms with Crippen molar-refractivity contribution in [1.82, 2.24) is 15.0 Å². The topological polar surface area (TPSA) is 92.6 Å². The molecule has 0 amide bonds. The van der Waals surface area contributed by atoms with Gasteiger partial charge in [0.25, 0.3) is 0 Å². The minimum atomic E-state index is 0.0831. The Hall–Kier alpha value is -3.13. The zero-order chi connectivity index (χ0) is 21.0. The molecule has 5 rings (SSSR count). The van der Waals surface area contributed by atoms with Crippen molar-refractivity contribution in [3.8, 4) is 11.6 Å². The van der Waals surface area contributed by atoms with Crippen molar-refractivity contribution in [2.45, 2.75) is 37.8 Å². The van der Waals surface area contributed by atoms with Gasteiger partial charge in [0, 0.05) is 31.4 Å². The normalized spacial score (nSPS) is 21.7. The van der Waals surface area contributed by atoms with Crippen LogP contribution in [0.3, 0.4) is 0 Å². The molecule has 1 saturated carbocycles. The molecule has 2 fully saturated rings. The van der Waals surface area contributed by atoms with Gasteiger partial charge in [-0.3, -0.25) is 4.98 Å². The van der Waals surface area contributed by atoms with Gasteiger partial charge in [-0.05, 0) is 43.9 Å². The number of rotatable bonds is 5. The molecule has 0 spiro atoms. The van der Waals surface area contributed by atoms with Crippen molar-refractivity contribution in [2.24, 2.45) is 0 Å². The molecule has 2 N–H and O–H groups in total. The maximum absolute atomic E-state index is 9.97. The van der Waals surface area contributed by atoms with Crippen LogP contribution in [-0.4, -0.2) is 58.5 Å². The van der Waals surface area contributed by atoms with Gasteiger partial charge >= 0.3 is 0 Å². The summed E-state index contributed by atoms with van der Waals surface area (Å²) < 4.78 is 11.9. The number of nitrogens with one attached hydrogen (secondary N) is 1. The van der Waals surface area contributed by atoms with Crippen LogP contribution in [0.1, 0.15) is 25.7 Å². The number of fused-ring (bicyclic) bond motifs is 1. The fourth-order valence-electron chi connectivity index (χ4n) is 4.25. The number of anilines is 2. The van der Waals surface area contributed by atoms with E-state index in [0.717, 1.165) is 61.3 Å². The highest BCUT2D eigenvalue weighted by Gasteiger charge is 2.25. The predicted octanol–water partition coefficient (Wildman–Crippen LogP) is 3.37. The van der Waals surface area contributed by atoms with E-state index in [0.29, 0.717) is 25.1 Å². The molecule has 0 bridgehead atoms. The number of hydrogen-bond donors (Lipinski definition) is 2. The number of ether oxygens (including phenoxy) is 2. The molecule has 0 unspecified atom stereocenters. The molecule has 0 radical (unpaired) electrons. The second kappa shape index (κ2) is 8.93. The predicted molar refractivity (Wildman–Crippen MR) is 119 cm³/mol. The zero-order valence-corrected chi connectivity index (χ0v) is 17.4. The standard InChI is InChI=1S/C23H27N5O3/c29-17-13-19-20(25-15-17)14-22(28-9-11-30-12-10-28)27-23(19)31-18-6-4-16(5-7-18)26-21-3-1-2-8-24-21/h1-3,8,13-16,18,29H,4-7,9-12H2,(H,24,26). The van der Waals surface area contributed by atoms with Gasteiger partial charge in [0.2, 0.25) is 5.88 Å². The van der Waals surface area contributed by atoms with Crippen molar-refractivity contribution in [2.75, 3.05) is 36.5 Å². The molecule has 2 aliphatic rings. The van der Waals surface area contributed by atoms with Crippen LogP contribution in [0, 0.1) is 0 Å². The largest absolute Gasteiger partial charge is 0.506 e. The van der Waals surface area contributed by atoms with E-state index in [1.165, 1.54) is 6.20 Å². The van der Waals surface area contributed by atoms with Crippen molar-refractivity contribution in [3.63, 3.8) is 0 Å². The average Bonchev–Trinajstić information content (AvgIpc) is 2.82. The van der Waals surface area contributed by atoms with Gasteiger partial charge in [-0.15, -0.1) is 0 Å². The van der Waals surface area contributed by atoms with Crippen LogP contribution in [0.25, 0.3) is 10.9 Å². The first-order valence-corrected chi connectivity index (χ1v) is 10.9. The number of nitrogens with zero attached hydrogens (tertiary/aromatic N) is 4. The summed E-state index contributed by atoms with van der Waals surface area (Å²) in [5, 5.41) is 14.2. The Morgan fingerprint density at radius 3 is 2.68 bits per heavy atom. The molecule has 8 nitrogen and oxygen atoms in total. The van der Waals surface area contributed by atoms with Crippen LogP contribution in [0.2, 0.25) is 0 Å². The van der Waals surface area contributed by atoms with Crippen molar-refractivity contribution in [3.05, 3.63) is 42.7 Å². The molecule has 1 saturated heterocycles. The molecule has 3 aromatic rings. The molecule has 3 aromatic heterocycles. The highest BCUT2D eigenvalue weighted by atomic mass is 16.5. The van der Waals surface area contributed by atoms with E-state index in [-0.39, 0.29) is 11.9 Å². The fourth-order valence-corrected chi connectivity index (χ4v) is 4.25. The van der Waals surface area contributed by atoms with Gasteiger partial charge in [-0.25, -0.2) is 4.98 Å². The molecular formula is C23H27N5O3. The van der Waals surface area contributed by atoms with Crippen molar-refractivity contribution in [1.29, 1.82) is 0 Å². The summed E-state index contributed by atoms with van der Waals surface area (Å²) in [5.74, 6) is 2.42. The second-order valence-corrected chi connectivity index (χ2v) is 8.10. The molecule has 4 heterocycles. The minimum absolute atomic E-state index is 0.0831. The summed E-state index contributed by atoms with van der Waals surface area (Å²) >= 11 is 0. The lowest BCUT2D eigenvalue weighted by atomic mass is 9.93. The molecule has 162 valence electrons. The van der Waals surface area contributed by atoms with E-state index in [4.69, 9.17) is 14.5 Å². The van der Waals surface area contributed by atoms with Gasteiger partial charge in [0.05, 0.1) is 30.3 Å². The first-order valence-electron chi connectivity index (χ1n) is 10.9. The Morgan fingerprint density at radius 1 is 1.06 bits per heavy atom. The van der Waals surface area contributed by atoms with Crippen LogP contribution >= 0.6 is 0 Å². The lowest BCUT2D eigenvalue weighted by Crippen LogP contribution is -2.37. The second-order valence-electron chi connectivity index (χ2n) is 8.10. The molecule has 31 heavy (non-hydrogen) atoms. The molecule has 0 aromatic carbocycles. The summed E-state index contributed by atoms with van der Waals surface area (Å²) in [4.78, 5) is 15.8. The van der Waals surface area contributed by atoms with E-state index in [9.17, 15) is 5.11 Å². The number of pyridine rings is 3. The lowest BCUT2D eigenvalue weighted by Gasteiger charge is -2.31. The Kier molecular flexibility index (Phi) is 5.71. The fraction of sp³-hybridized carbons (Fsp3) is 0.435. The Labute approximate surface area is 181 Å². The van der Waals surface area contributed by atoms with Gasteiger partial charge < -0.3 is 24.8 Å². The van der Waals surface area contributed by atoms with Crippen molar-refractivity contribution >= 4 is 22.5 Å². The van der Waals surface area contributed by atoms with Crippen LogP contribution in [-0.2, 0) is 4.74 Å². The van der Waals surface area contributed by atoms with E-state index < -0.39 is 0 Å². The minimum Gasteiger partial charge on any atom is -0.506 e. The molecular weight excluding hydrogens is 394 g/mol. The monoisotopic (exact) mass is 421 g/mol. The number of aromatic nitrogens is 3. The third-order valence-corrected chi connectivity index (χ3v) is 5.92. The van der Waals surface area contributed by atoms with Gasteiger partial charge in [0.1, 0.15) is 23.5 Å². The Morgan fingerprint density at radius 2 is 1.90 bits per heavy atom. The molecule has 0 atom stereocenters. The number of aromatic hydroxyl groups is 1. The highest BCUT2D eigenvalue weighted by molar-refractivity contribution is 5.86. The van der Waals surface area contributed by atoms with Crippen molar-refractivity contribution < 1.29 is 14.6 Å². The van der Waals surface area contributed by atoms with Gasteiger partial charge in [0.15, 0.2) is 0 Å². The maximum Gasteiger partial charge on any atom is 0.225 e. The lowest BCUT2D eigenvalue weighted by molar-refractivity contribution is 0.122. The summed E-state index contributed by atoms with van der Waals surface area (Å²) in [7, 11) is 0. The SMILES string of the molecule is Oc1cnc2cc(N3CCOCC3)nc(OC3CCC(Nc4ccccn4)CC3)c2c1. The summed E-state index contributed by atoms with van der Waals surface area (Å²) in [5.41, 5.74) is 0.773. The smallest absolute Gasteiger partial charge is 0.225 e. The first-order chi connectivity index (χ1) is 15.2. The molecule has 1 aliphatic carbocycles. The number of morpholine rings is 1. The summed E-state index contributed by atoms with van der Waals surface area (Å²) in [6.45, 7) is 2.96. The summed E-state index contributed by atoms with van der Waals surface area (Å²) in [6.07, 6.45) is 7.23.